The molecule has 0 saturated heterocycles. The fourth-order valence-electron chi connectivity index (χ4n) is 1.07. The van der Waals surface area contributed by atoms with Crippen LogP contribution in [-0.4, -0.2) is 16.9 Å². The van der Waals surface area contributed by atoms with Crippen molar-refractivity contribution in [3.05, 3.63) is 30.3 Å². The molecule has 1 rings (SSSR count). The maximum absolute atomic E-state index is 11.6. The Balaban J connectivity index is 0.00000169. The lowest BCUT2D eigenvalue weighted by molar-refractivity contribution is 0.591. The molecule has 0 saturated carbocycles. The molecule has 0 amide bonds. The molecule has 1 unspecified atom stereocenters. The van der Waals surface area contributed by atoms with Crippen LogP contribution in [0.4, 0.5) is 0 Å². The summed E-state index contributed by atoms with van der Waals surface area (Å²) >= 11 is -0.840. The van der Waals surface area contributed by atoms with Gasteiger partial charge in [-0.2, -0.15) is 0 Å². The number of hydrogen-bond donors (Lipinski definition) is 1. The quantitative estimate of drug-likeness (QED) is 0.624. The Hall–Kier alpha value is -0.220. The third-order valence-corrected chi connectivity index (χ3v) is 3.25. The molecule has 1 aromatic carbocycles. The van der Waals surface area contributed by atoms with Gasteiger partial charge in [-0.15, -0.1) is 12.4 Å². The number of rotatable bonds is 5. The molecule has 0 aliphatic heterocycles. The van der Waals surface area contributed by atoms with Crippen molar-refractivity contribution in [2.24, 2.45) is 5.73 Å². The Kier molecular flexibility index (Phi) is 7.99. The zero-order chi connectivity index (χ0) is 9.52. The van der Waals surface area contributed by atoms with E-state index in [9.17, 15) is 4.55 Å². The van der Waals surface area contributed by atoms with Crippen molar-refractivity contribution in [3.63, 3.8) is 0 Å². The van der Waals surface area contributed by atoms with E-state index in [4.69, 9.17) is 5.73 Å². The van der Waals surface area contributed by atoms with Crippen molar-refractivity contribution in [2.75, 3.05) is 12.3 Å². The summed E-state index contributed by atoms with van der Waals surface area (Å²) in [7, 11) is 0. The summed E-state index contributed by atoms with van der Waals surface area (Å²) in [6.07, 6.45) is 1.90. The average Bonchev–Trinajstić information content (AvgIpc) is 2.19. The van der Waals surface area contributed by atoms with Gasteiger partial charge in [0.15, 0.2) is 4.90 Å². The first-order chi connectivity index (χ1) is 6.34. The van der Waals surface area contributed by atoms with Crippen LogP contribution in [0.1, 0.15) is 12.8 Å². The molecular formula is C10H16ClNOS. The monoisotopic (exact) mass is 233 g/mol. The highest BCUT2D eigenvalue weighted by atomic mass is 35.5. The van der Waals surface area contributed by atoms with Gasteiger partial charge in [-0.05, 0) is 42.7 Å². The third kappa shape index (κ3) is 4.86. The van der Waals surface area contributed by atoms with Gasteiger partial charge in [0.2, 0.25) is 0 Å². The number of halogens is 1. The topological polar surface area (TPSA) is 49.1 Å². The van der Waals surface area contributed by atoms with Crippen LogP contribution >= 0.6 is 12.4 Å². The van der Waals surface area contributed by atoms with Crippen LogP contribution in [0.5, 0.6) is 0 Å². The van der Waals surface area contributed by atoms with Gasteiger partial charge in [-0.1, -0.05) is 18.2 Å². The minimum Gasteiger partial charge on any atom is -0.611 e. The number of unbranched alkanes of at least 4 members (excludes halogenated alkanes) is 1. The van der Waals surface area contributed by atoms with Gasteiger partial charge in [0.1, 0.15) is 5.75 Å². The second-order valence-corrected chi connectivity index (χ2v) is 4.43. The van der Waals surface area contributed by atoms with Gasteiger partial charge in [0, 0.05) is 0 Å². The lowest BCUT2D eigenvalue weighted by atomic mass is 10.3. The van der Waals surface area contributed by atoms with E-state index in [1.54, 1.807) is 0 Å². The van der Waals surface area contributed by atoms with Crippen LogP contribution in [0.25, 0.3) is 0 Å². The largest absolute Gasteiger partial charge is 0.611 e. The smallest absolute Gasteiger partial charge is 0.152 e. The second kappa shape index (κ2) is 8.12. The van der Waals surface area contributed by atoms with E-state index in [2.05, 4.69) is 0 Å². The van der Waals surface area contributed by atoms with Crippen LogP contribution < -0.4 is 5.73 Å². The standard InChI is InChI=1S/C10H15NOS.ClH/c11-8-4-5-9-13(12)10-6-2-1-3-7-10;/h1-3,6-7H,4-5,8-9,11H2;1H. The van der Waals surface area contributed by atoms with E-state index in [1.165, 1.54) is 0 Å². The van der Waals surface area contributed by atoms with Crippen molar-refractivity contribution in [1.29, 1.82) is 0 Å². The Morgan fingerprint density at radius 2 is 1.79 bits per heavy atom. The first-order valence-corrected chi connectivity index (χ1v) is 5.80. The first kappa shape index (κ1) is 13.8. The average molecular weight is 234 g/mol. The van der Waals surface area contributed by atoms with E-state index in [-0.39, 0.29) is 12.4 Å². The summed E-state index contributed by atoms with van der Waals surface area (Å²) in [4.78, 5) is 0.916. The lowest BCUT2D eigenvalue weighted by Gasteiger charge is -2.09. The Bertz CT molecular complexity index is 233. The summed E-state index contributed by atoms with van der Waals surface area (Å²) in [6.45, 7) is 0.686. The second-order valence-electron chi connectivity index (χ2n) is 2.86. The van der Waals surface area contributed by atoms with Gasteiger partial charge >= 0.3 is 0 Å². The molecule has 14 heavy (non-hydrogen) atoms. The summed E-state index contributed by atoms with van der Waals surface area (Å²) in [5.74, 6) is 0.723. The van der Waals surface area contributed by atoms with Crippen LogP contribution in [-0.2, 0) is 11.2 Å². The predicted octanol–water partition coefficient (Wildman–Crippen LogP) is 1.95. The van der Waals surface area contributed by atoms with E-state index in [1.807, 2.05) is 30.3 Å². The molecule has 0 heterocycles. The van der Waals surface area contributed by atoms with E-state index >= 15 is 0 Å². The summed E-state index contributed by atoms with van der Waals surface area (Å²) < 4.78 is 11.6. The molecule has 2 nitrogen and oxygen atoms in total. The lowest BCUT2D eigenvalue weighted by Crippen LogP contribution is -2.08. The Labute approximate surface area is 94.5 Å². The molecular weight excluding hydrogens is 218 g/mol. The Morgan fingerprint density at radius 3 is 2.36 bits per heavy atom. The van der Waals surface area contributed by atoms with E-state index in [0.717, 1.165) is 23.5 Å². The maximum Gasteiger partial charge on any atom is 0.152 e. The van der Waals surface area contributed by atoms with Gasteiger partial charge in [-0.3, -0.25) is 0 Å². The number of hydrogen-bond acceptors (Lipinski definition) is 2. The third-order valence-electron chi connectivity index (χ3n) is 1.79. The van der Waals surface area contributed by atoms with E-state index < -0.39 is 11.2 Å². The minimum atomic E-state index is -0.840. The molecule has 2 N–H and O–H groups in total. The molecule has 80 valence electrons. The van der Waals surface area contributed by atoms with Crippen molar-refractivity contribution < 1.29 is 4.55 Å². The van der Waals surface area contributed by atoms with Crippen molar-refractivity contribution in [1.82, 2.24) is 0 Å². The highest BCUT2D eigenvalue weighted by Gasteiger charge is 2.08. The molecule has 1 atom stereocenters. The van der Waals surface area contributed by atoms with Crippen molar-refractivity contribution in [2.45, 2.75) is 17.7 Å². The fourth-order valence-corrected chi connectivity index (χ4v) is 2.23. The van der Waals surface area contributed by atoms with Gasteiger partial charge < -0.3 is 10.3 Å². The highest BCUT2D eigenvalue weighted by molar-refractivity contribution is 7.91. The zero-order valence-corrected chi connectivity index (χ0v) is 9.65. The normalized spacial score (nSPS) is 11.9. The SMILES string of the molecule is Cl.NCCCC[S+]([O-])c1ccccc1. The maximum atomic E-state index is 11.6. The zero-order valence-electron chi connectivity index (χ0n) is 8.02. The molecule has 0 fully saturated rings. The molecule has 0 radical (unpaired) electrons. The molecule has 0 bridgehead atoms. The number of nitrogens with two attached hydrogens (primary N) is 1. The fraction of sp³-hybridized carbons (Fsp3) is 0.400. The van der Waals surface area contributed by atoms with Gasteiger partial charge in [-0.25, -0.2) is 0 Å². The molecule has 0 aromatic heterocycles. The molecule has 0 aliphatic rings. The highest BCUT2D eigenvalue weighted by Crippen LogP contribution is 2.11. The summed E-state index contributed by atoms with van der Waals surface area (Å²) in [6, 6.07) is 9.56. The molecule has 4 heteroatoms. The van der Waals surface area contributed by atoms with Gasteiger partial charge in [0.05, 0.1) is 0 Å². The predicted molar refractivity (Wildman–Crippen MR) is 63.3 cm³/mol. The summed E-state index contributed by atoms with van der Waals surface area (Å²) in [5.41, 5.74) is 5.35. The molecule has 0 spiro atoms. The van der Waals surface area contributed by atoms with Crippen LogP contribution in [0.2, 0.25) is 0 Å². The minimum absolute atomic E-state index is 0. The van der Waals surface area contributed by atoms with Crippen molar-refractivity contribution in [3.8, 4) is 0 Å². The van der Waals surface area contributed by atoms with Crippen LogP contribution in [0.3, 0.4) is 0 Å². The van der Waals surface area contributed by atoms with Crippen molar-refractivity contribution >= 4 is 23.6 Å². The van der Waals surface area contributed by atoms with Gasteiger partial charge in [0.25, 0.3) is 0 Å². The molecule has 1 aromatic rings. The summed E-state index contributed by atoms with van der Waals surface area (Å²) in [5, 5.41) is 0. The van der Waals surface area contributed by atoms with Crippen LogP contribution in [0.15, 0.2) is 35.2 Å². The number of benzene rings is 1. The van der Waals surface area contributed by atoms with Crippen LogP contribution in [0, 0.1) is 0 Å². The first-order valence-electron chi connectivity index (χ1n) is 4.48. The Morgan fingerprint density at radius 1 is 1.14 bits per heavy atom. The molecule has 0 aliphatic carbocycles. The van der Waals surface area contributed by atoms with E-state index in [0.29, 0.717) is 6.54 Å².